The Morgan fingerprint density at radius 3 is 2.40 bits per heavy atom. The Kier molecular flexibility index (Phi) is 4.63. The summed E-state index contributed by atoms with van der Waals surface area (Å²) in [5, 5.41) is 1.98. The van der Waals surface area contributed by atoms with Crippen molar-refractivity contribution in [3.05, 3.63) is 0 Å². The van der Waals surface area contributed by atoms with Gasteiger partial charge in [0.1, 0.15) is 0 Å². The van der Waals surface area contributed by atoms with Crippen molar-refractivity contribution in [2.75, 3.05) is 0 Å². The standard InChI is InChI=1S/C5H3Cl3NO/c6-5(7,8)2-1-3-9-4-10/h2H2,(H,9,10). The van der Waals surface area contributed by atoms with E-state index in [1.165, 1.54) is 6.41 Å². The Morgan fingerprint density at radius 1 is 1.40 bits per heavy atom. The quantitative estimate of drug-likeness (QED) is 0.386. The van der Waals surface area contributed by atoms with Gasteiger partial charge in [0, 0.05) is 6.04 Å². The van der Waals surface area contributed by atoms with Crippen LogP contribution in [0.5, 0.6) is 0 Å². The van der Waals surface area contributed by atoms with Crippen LogP contribution >= 0.6 is 34.8 Å². The molecule has 10 heavy (non-hydrogen) atoms. The third kappa shape index (κ3) is 7.90. The highest BCUT2D eigenvalue weighted by Crippen LogP contribution is 2.28. The van der Waals surface area contributed by atoms with E-state index in [2.05, 4.69) is 12.0 Å². The Bertz CT molecular complexity index is 164. The molecule has 1 N–H and O–H groups in total. The van der Waals surface area contributed by atoms with Gasteiger partial charge in [-0.1, -0.05) is 40.7 Å². The summed E-state index contributed by atoms with van der Waals surface area (Å²) in [6.07, 6.45) is 1.43. The molecular weight excluding hydrogens is 196 g/mol. The van der Waals surface area contributed by atoms with Gasteiger partial charge in [-0.05, 0) is 0 Å². The predicted octanol–water partition coefficient (Wildman–Crippen LogP) is 1.36. The maximum atomic E-state index is 9.49. The first kappa shape index (κ1) is 9.90. The first-order chi connectivity index (χ1) is 4.56. The summed E-state index contributed by atoms with van der Waals surface area (Å²) >= 11 is 15.9. The molecule has 0 aromatic rings. The van der Waals surface area contributed by atoms with Crippen LogP contribution in [0.15, 0.2) is 0 Å². The highest BCUT2D eigenvalue weighted by Gasteiger charge is 2.16. The SMILES string of the molecule is O=[C]NC#CCC(Cl)(Cl)Cl. The molecule has 0 bridgehead atoms. The van der Waals surface area contributed by atoms with Crippen LogP contribution in [0.1, 0.15) is 6.42 Å². The Labute approximate surface area is 73.8 Å². The predicted molar refractivity (Wildman–Crippen MR) is 41.5 cm³/mol. The largest absolute Gasteiger partial charge is 0.321 e. The molecule has 0 aliphatic heterocycles. The molecule has 0 aliphatic rings. The fraction of sp³-hybridized carbons (Fsp3) is 0.400. The van der Waals surface area contributed by atoms with E-state index in [0.717, 1.165) is 0 Å². The highest BCUT2D eigenvalue weighted by molar-refractivity contribution is 6.67. The van der Waals surface area contributed by atoms with Gasteiger partial charge < -0.3 is 0 Å². The van der Waals surface area contributed by atoms with Gasteiger partial charge in [0.15, 0.2) is 0 Å². The molecule has 0 heterocycles. The lowest BCUT2D eigenvalue weighted by Gasteiger charge is -2.02. The van der Waals surface area contributed by atoms with Crippen molar-refractivity contribution in [1.29, 1.82) is 0 Å². The fourth-order valence-corrected chi connectivity index (χ4v) is 0.415. The Hall–Kier alpha value is -0.100. The maximum absolute atomic E-state index is 9.49. The Balaban J connectivity index is 3.55. The van der Waals surface area contributed by atoms with E-state index in [4.69, 9.17) is 34.8 Å². The molecule has 0 aromatic carbocycles. The van der Waals surface area contributed by atoms with Crippen molar-refractivity contribution in [3.8, 4) is 12.0 Å². The summed E-state index contributed by atoms with van der Waals surface area (Å²) in [6, 6.07) is 2.21. The number of rotatable bonds is 1. The van der Waals surface area contributed by atoms with Crippen molar-refractivity contribution < 1.29 is 4.79 Å². The number of hydrogen-bond acceptors (Lipinski definition) is 1. The molecule has 5 heteroatoms. The van der Waals surface area contributed by atoms with Gasteiger partial charge >= 0.3 is 6.41 Å². The zero-order valence-corrected chi connectivity index (χ0v) is 7.02. The van der Waals surface area contributed by atoms with E-state index >= 15 is 0 Å². The van der Waals surface area contributed by atoms with Crippen molar-refractivity contribution in [2.45, 2.75) is 10.2 Å². The van der Waals surface area contributed by atoms with E-state index in [1.54, 1.807) is 0 Å². The number of halogens is 3. The van der Waals surface area contributed by atoms with Crippen LogP contribution in [0.3, 0.4) is 0 Å². The molecule has 0 unspecified atom stereocenters. The summed E-state index contributed by atoms with van der Waals surface area (Å²) in [4.78, 5) is 9.49. The fourth-order valence-electron chi connectivity index (χ4n) is 0.214. The molecule has 0 aliphatic carbocycles. The van der Waals surface area contributed by atoms with Gasteiger partial charge in [-0.2, -0.15) is 0 Å². The van der Waals surface area contributed by atoms with Crippen LogP contribution in [0.2, 0.25) is 0 Å². The summed E-state index contributed by atoms with van der Waals surface area (Å²) in [5.74, 6) is 2.41. The normalized spacial score (nSPS) is 9.50. The zero-order chi connectivity index (χ0) is 8.04. The van der Waals surface area contributed by atoms with Gasteiger partial charge in [0.2, 0.25) is 3.79 Å². The number of hydrogen-bond donors (Lipinski definition) is 1. The second-order valence-electron chi connectivity index (χ2n) is 1.32. The van der Waals surface area contributed by atoms with Crippen LogP contribution in [-0.2, 0) is 4.79 Å². The molecule has 1 radical (unpaired) electrons. The van der Waals surface area contributed by atoms with E-state index in [1.807, 2.05) is 5.32 Å². The molecule has 0 atom stereocenters. The molecular formula is C5H3Cl3NO. The number of nitrogens with one attached hydrogen (secondary N) is 1. The molecule has 55 valence electrons. The van der Waals surface area contributed by atoms with E-state index < -0.39 is 3.79 Å². The molecule has 1 amide bonds. The van der Waals surface area contributed by atoms with E-state index in [-0.39, 0.29) is 6.42 Å². The average Bonchev–Trinajstić information content (AvgIpc) is 1.78. The molecule has 0 saturated heterocycles. The lowest BCUT2D eigenvalue weighted by molar-refractivity contribution is 0.551. The first-order valence-electron chi connectivity index (χ1n) is 2.23. The lowest BCUT2D eigenvalue weighted by Crippen LogP contribution is -2.02. The highest BCUT2D eigenvalue weighted by atomic mass is 35.6. The first-order valence-corrected chi connectivity index (χ1v) is 3.36. The topological polar surface area (TPSA) is 29.1 Å². The third-order valence-corrected chi connectivity index (χ3v) is 0.892. The van der Waals surface area contributed by atoms with Crippen molar-refractivity contribution in [1.82, 2.24) is 5.32 Å². The van der Waals surface area contributed by atoms with Gasteiger partial charge in [-0.25, -0.2) is 0 Å². The number of amides is 1. The number of carbonyl (C=O) groups excluding carboxylic acids is 1. The van der Waals surface area contributed by atoms with E-state index in [0.29, 0.717) is 0 Å². The minimum absolute atomic E-state index is 0.0757. The monoisotopic (exact) mass is 198 g/mol. The molecule has 0 fully saturated rings. The Morgan fingerprint density at radius 2 is 2.00 bits per heavy atom. The van der Waals surface area contributed by atoms with Crippen LogP contribution in [-0.4, -0.2) is 10.2 Å². The molecule has 0 rings (SSSR count). The maximum Gasteiger partial charge on any atom is 0.321 e. The third-order valence-electron chi connectivity index (χ3n) is 0.491. The summed E-state index contributed by atoms with van der Waals surface area (Å²) in [5.41, 5.74) is 0. The average molecular weight is 199 g/mol. The summed E-state index contributed by atoms with van der Waals surface area (Å²) in [7, 11) is 0. The van der Waals surface area contributed by atoms with Crippen LogP contribution in [0.4, 0.5) is 0 Å². The molecule has 0 aromatic heterocycles. The summed E-state index contributed by atoms with van der Waals surface area (Å²) < 4.78 is -1.38. The van der Waals surface area contributed by atoms with Crippen molar-refractivity contribution in [3.63, 3.8) is 0 Å². The van der Waals surface area contributed by atoms with Crippen molar-refractivity contribution in [2.24, 2.45) is 0 Å². The van der Waals surface area contributed by atoms with Gasteiger partial charge in [0.25, 0.3) is 0 Å². The van der Waals surface area contributed by atoms with Crippen LogP contribution in [0.25, 0.3) is 0 Å². The van der Waals surface area contributed by atoms with Gasteiger partial charge in [-0.15, -0.1) is 0 Å². The van der Waals surface area contributed by atoms with Crippen LogP contribution in [0, 0.1) is 12.0 Å². The molecule has 0 spiro atoms. The summed E-state index contributed by atoms with van der Waals surface area (Å²) in [6.45, 7) is 0. The number of alkyl halides is 3. The van der Waals surface area contributed by atoms with Crippen LogP contribution < -0.4 is 5.32 Å². The van der Waals surface area contributed by atoms with Gasteiger partial charge in [0.05, 0.1) is 6.42 Å². The minimum atomic E-state index is -1.38. The van der Waals surface area contributed by atoms with E-state index in [9.17, 15) is 4.79 Å². The second kappa shape index (κ2) is 4.68. The molecule has 2 nitrogen and oxygen atoms in total. The van der Waals surface area contributed by atoms with Crippen molar-refractivity contribution >= 4 is 41.2 Å². The second-order valence-corrected chi connectivity index (χ2v) is 3.84. The smallest absolute Gasteiger partial charge is 0.277 e. The van der Waals surface area contributed by atoms with Gasteiger partial charge in [-0.3, -0.25) is 10.1 Å². The zero-order valence-electron chi connectivity index (χ0n) is 4.75. The lowest BCUT2D eigenvalue weighted by atomic mass is 10.5. The minimum Gasteiger partial charge on any atom is -0.277 e. The molecule has 0 saturated carbocycles.